The summed E-state index contributed by atoms with van der Waals surface area (Å²) in [6.45, 7) is 6.34. The first-order valence-electron chi connectivity index (χ1n) is 7.62. The van der Waals surface area contributed by atoms with Gasteiger partial charge < -0.3 is 10.0 Å². The molecule has 1 atom stereocenters. The Morgan fingerprint density at radius 1 is 1.33 bits per heavy atom. The molecular formula is C15H29NO2. The zero-order valence-electron chi connectivity index (χ0n) is 12.0. The molecule has 1 rings (SSSR count). The quantitative estimate of drug-likeness (QED) is 0.760. The highest BCUT2D eigenvalue weighted by molar-refractivity contribution is 5.78. The lowest BCUT2D eigenvalue weighted by Gasteiger charge is -2.35. The summed E-state index contributed by atoms with van der Waals surface area (Å²) in [7, 11) is 0. The maximum Gasteiger partial charge on any atom is 0.225 e. The zero-order chi connectivity index (χ0) is 13.4. The highest BCUT2D eigenvalue weighted by Crippen LogP contribution is 2.23. The van der Waals surface area contributed by atoms with Gasteiger partial charge in [-0.05, 0) is 38.0 Å². The van der Waals surface area contributed by atoms with E-state index in [0.717, 1.165) is 58.0 Å². The lowest BCUT2D eigenvalue weighted by Crippen LogP contribution is -2.43. The monoisotopic (exact) mass is 255 g/mol. The van der Waals surface area contributed by atoms with E-state index in [9.17, 15) is 4.79 Å². The van der Waals surface area contributed by atoms with Gasteiger partial charge in [-0.1, -0.05) is 26.7 Å². The Bertz CT molecular complexity index is 235. The summed E-state index contributed by atoms with van der Waals surface area (Å²) in [5, 5.41) is 9.02. The number of rotatable bonds is 7. The van der Waals surface area contributed by atoms with Crippen LogP contribution in [0, 0.1) is 11.8 Å². The summed E-state index contributed by atoms with van der Waals surface area (Å²) in [5.41, 5.74) is 0. The normalized spacial score (nSPS) is 20.4. The van der Waals surface area contributed by atoms with Gasteiger partial charge in [-0.25, -0.2) is 0 Å². The van der Waals surface area contributed by atoms with Crippen molar-refractivity contribution in [1.29, 1.82) is 0 Å². The predicted molar refractivity (Wildman–Crippen MR) is 74.3 cm³/mol. The number of carbonyl (C=O) groups excluding carboxylic acids is 1. The Morgan fingerprint density at radius 2 is 2.00 bits per heavy atom. The van der Waals surface area contributed by atoms with Crippen molar-refractivity contribution in [2.75, 3.05) is 19.7 Å². The second-order valence-electron chi connectivity index (χ2n) is 5.58. The molecule has 106 valence electrons. The maximum absolute atomic E-state index is 12.5. The van der Waals surface area contributed by atoms with Crippen LogP contribution in [-0.2, 0) is 4.79 Å². The molecule has 1 amide bonds. The van der Waals surface area contributed by atoms with Crippen molar-refractivity contribution in [3.63, 3.8) is 0 Å². The molecule has 1 fully saturated rings. The van der Waals surface area contributed by atoms with Gasteiger partial charge in [0.1, 0.15) is 0 Å². The van der Waals surface area contributed by atoms with Crippen LogP contribution < -0.4 is 0 Å². The van der Waals surface area contributed by atoms with Gasteiger partial charge >= 0.3 is 0 Å². The van der Waals surface area contributed by atoms with E-state index in [-0.39, 0.29) is 12.5 Å². The van der Waals surface area contributed by atoms with E-state index in [4.69, 9.17) is 5.11 Å². The number of nitrogens with zero attached hydrogens (tertiary/aromatic N) is 1. The van der Waals surface area contributed by atoms with E-state index in [2.05, 4.69) is 18.7 Å². The molecule has 1 aliphatic rings. The number of likely N-dealkylation sites (tertiary alicyclic amines) is 1. The van der Waals surface area contributed by atoms with Gasteiger partial charge in [0.05, 0.1) is 0 Å². The number of hydrogen-bond donors (Lipinski definition) is 1. The average Bonchev–Trinajstić information content (AvgIpc) is 2.38. The van der Waals surface area contributed by atoms with Crippen molar-refractivity contribution < 1.29 is 9.90 Å². The molecule has 0 radical (unpaired) electrons. The summed E-state index contributed by atoms with van der Waals surface area (Å²) in [6.07, 6.45) is 7.32. The van der Waals surface area contributed by atoms with Crippen LogP contribution in [0.25, 0.3) is 0 Å². The fourth-order valence-corrected chi connectivity index (χ4v) is 3.03. The van der Waals surface area contributed by atoms with Gasteiger partial charge in [0.2, 0.25) is 5.91 Å². The zero-order valence-corrected chi connectivity index (χ0v) is 12.0. The third-order valence-corrected chi connectivity index (χ3v) is 3.99. The van der Waals surface area contributed by atoms with E-state index >= 15 is 0 Å². The molecule has 3 nitrogen and oxygen atoms in total. The standard InChI is InChI=1S/C15H29NO2/c1-3-6-14(7-4-2)15(18)16-10-5-8-13(12-16)9-11-17/h13-14,17H,3-12H2,1-2H3. The third-order valence-electron chi connectivity index (χ3n) is 3.99. The van der Waals surface area contributed by atoms with Crippen LogP contribution in [-0.4, -0.2) is 35.6 Å². The summed E-state index contributed by atoms with van der Waals surface area (Å²) in [6, 6.07) is 0. The Kier molecular flexibility index (Phi) is 7.33. The molecule has 1 aliphatic heterocycles. The van der Waals surface area contributed by atoms with Gasteiger partial charge in [0.15, 0.2) is 0 Å². The van der Waals surface area contributed by atoms with Crippen molar-refractivity contribution in [2.24, 2.45) is 11.8 Å². The fourth-order valence-electron chi connectivity index (χ4n) is 3.03. The Hall–Kier alpha value is -0.570. The molecular weight excluding hydrogens is 226 g/mol. The van der Waals surface area contributed by atoms with Crippen molar-refractivity contribution in [3.05, 3.63) is 0 Å². The van der Waals surface area contributed by atoms with E-state index < -0.39 is 0 Å². The summed E-state index contributed by atoms with van der Waals surface area (Å²) < 4.78 is 0. The first-order chi connectivity index (χ1) is 8.72. The highest BCUT2D eigenvalue weighted by atomic mass is 16.3. The van der Waals surface area contributed by atoms with Crippen molar-refractivity contribution in [1.82, 2.24) is 4.90 Å². The molecule has 0 aromatic heterocycles. The van der Waals surface area contributed by atoms with E-state index in [1.807, 2.05) is 0 Å². The summed E-state index contributed by atoms with van der Waals surface area (Å²) in [5.74, 6) is 1.10. The molecule has 18 heavy (non-hydrogen) atoms. The molecule has 0 saturated carbocycles. The molecule has 1 heterocycles. The molecule has 0 aliphatic carbocycles. The lowest BCUT2D eigenvalue weighted by molar-refractivity contribution is -0.138. The van der Waals surface area contributed by atoms with Gasteiger partial charge in [0.25, 0.3) is 0 Å². The minimum atomic E-state index is 0.230. The van der Waals surface area contributed by atoms with Crippen LogP contribution in [0.4, 0.5) is 0 Å². The molecule has 3 heteroatoms. The molecule has 0 aromatic carbocycles. The second kappa shape index (κ2) is 8.52. The highest BCUT2D eigenvalue weighted by Gasteiger charge is 2.27. The number of piperidine rings is 1. The first kappa shape index (κ1) is 15.5. The van der Waals surface area contributed by atoms with Crippen LogP contribution in [0.5, 0.6) is 0 Å². The van der Waals surface area contributed by atoms with E-state index in [1.165, 1.54) is 0 Å². The third kappa shape index (κ3) is 4.60. The van der Waals surface area contributed by atoms with E-state index in [0.29, 0.717) is 11.8 Å². The average molecular weight is 255 g/mol. The summed E-state index contributed by atoms with van der Waals surface area (Å²) in [4.78, 5) is 14.5. The van der Waals surface area contributed by atoms with Crippen molar-refractivity contribution in [3.8, 4) is 0 Å². The second-order valence-corrected chi connectivity index (χ2v) is 5.58. The van der Waals surface area contributed by atoms with Crippen molar-refractivity contribution in [2.45, 2.75) is 58.8 Å². The number of carbonyl (C=O) groups is 1. The Morgan fingerprint density at radius 3 is 2.56 bits per heavy atom. The minimum Gasteiger partial charge on any atom is -0.396 e. The lowest BCUT2D eigenvalue weighted by atomic mass is 9.91. The number of hydrogen-bond acceptors (Lipinski definition) is 2. The number of aliphatic hydroxyl groups excluding tert-OH is 1. The number of aliphatic hydroxyl groups is 1. The number of amides is 1. The van der Waals surface area contributed by atoms with Gasteiger partial charge in [-0.2, -0.15) is 0 Å². The van der Waals surface area contributed by atoms with Crippen molar-refractivity contribution >= 4 is 5.91 Å². The molecule has 0 spiro atoms. The van der Waals surface area contributed by atoms with Crippen LogP contribution in [0.15, 0.2) is 0 Å². The molecule has 0 aromatic rings. The van der Waals surface area contributed by atoms with Crippen LogP contribution in [0.2, 0.25) is 0 Å². The Labute approximate surface area is 112 Å². The molecule has 1 N–H and O–H groups in total. The minimum absolute atomic E-state index is 0.230. The van der Waals surface area contributed by atoms with Gasteiger partial charge in [0, 0.05) is 25.6 Å². The largest absolute Gasteiger partial charge is 0.396 e. The molecule has 1 unspecified atom stereocenters. The molecule has 1 saturated heterocycles. The summed E-state index contributed by atoms with van der Waals surface area (Å²) >= 11 is 0. The first-order valence-corrected chi connectivity index (χ1v) is 7.62. The Balaban J connectivity index is 2.52. The van der Waals surface area contributed by atoms with Gasteiger partial charge in [-0.15, -0.1) is 0 Å². The molecule has 0 bridgehead atoms. The topological polar surface area (TPSA) is 40.5 Å². The maximum atomic E-state index is 12.5. The van der Waals surface area contributed by atoms with Crippen LogP contribution in [0.1, 0.15) is 58.8 Å². The SMILES string of the molecule is CCCC(CCC)C(=O)N1CCCC(CCO)C1. The van der Waals surface area contributed by atoms with E-state index in [1.54, 1.807) is 0 Å². The van der Waals surface area contributed by atoms with Gasteiger partial charge in [-0.3, -0.25) is 4.79 Å². The predicted octanol–water partition coefficient (Wildman–Crippen LogP) is 2.82. The van der Waals surface area contributed by atoms with Crippen LogP contribution in [0.3, 0.4) is 0 Å². The van der Waals surface area contributed by atoms with Crippen LogP contribution >= 0.6 is 0 Å². The smallest absolute Gasteiger partial charge is 0.225 e. The fraction of sp³-hybridized carbons (Fsp3) is 0.933.